The van der Waals surface area contributed by atoms with Crippen LogP contribution in [-0.4, -0.2) is 42.3 Å². The van der Waals surface area contributed by atoms with E-state index in [9.17, 15) is 14.4 Å². The highest BCUT2D eigenvalue weighted by molar-refractivity contribution is 9.10. The van der Waals surface area contributed by atoms with Gasteiger partial charge in [0.1, 0.15) is 12.4 Å². The number of amides is 3. The number of anilines is 1. The third-order valence-electron chi connectivity index (χ3n) is 4.43. The molecule has 7 heteroatoms. The van der Waals surface area contributed by atoms with Crippen LogP contribution in [0, 0.1) is 0 Å². The molecule has 2 heterocycles. The van der Waals surface area contributed by atoms with E-state index in [2.05, 4.69) is 15.9 Å². The molecule has 0 aromatic heterocycles. The van der Waals surface area contributed by atoms with Gasteiger partial charge in [-0.25, -0.2) is 0 Å². The average molecular weight is 401 g/mol. The number of carbonyl (C=O) groups excluding carboxylic acids is 3. The predicted octanol–water partition coefficient (Wildman–Crippen LogP) is 2.47. The Morgan fingerprint density at radius 2 is 1.68 bits per heavy atom. The van der Waals surface area contributed by atoms with Crippen molar-refractivity contribution in [3.63, 3.8) is 0 Å². The number of benzene rings is 2. The zero-order valence-electron chi connectivity index (χ0n) is 13.2. The van der Waals surface area contributed by atoms with Crippen LogP contribution in [0.2, 0.25) is 0 Å². The Morgan fingerprint density at radius 1 is 1.04 bits per heavy atom. The lowest BCUT2D eigenvalue weighted by Gasteiger charge is -2.25. The van der Waals surface area contributed by atoms with Crippen LogP contribution in [0.15, 0.2) is 46.9 Å². The van der Waals surface area contributed by atoms with Crippen molar-refractivity contribution in [2.24, 2.45) is 0 Å². The maximum atomic E-state index is 12.9. The van der Waals surface area contributed by atoms with Crippen molar-refractivity contribution < 1.29 is 19.1 Å². The fourth-order valence-corrected chi connectivity index (χ4v) is 3.48. The molecule has 0 N–H and O–H groups in total. The predicted molar refractivity (Wildman–Crippen MR) is 93.8 cm³/mol. The van der Waals surface area contributed by atoms with E-state index in [1.807, 2.05) is 0 Å². The Bertz CT molecular complexity index is 892. The maximum Gasteiger partial charge on any atom is 0.262 e. The number of fused-ring (bicyclic) bond motifs is 2. The zero-order chi connectivity index (χ0) is 17.7. The molecule has 3 amide bonds. The first-order valence-electron chi connectivity index (χ1n) is 7.66. The van der Waals surface area contributed by atoms with Crippen LogP contribution in [0.3, 0.4) is 0 Å². The Labute approximate surface area is 152 Å². The number of hydrogen-bond donors (Lipinski definition) is 0. The van der Waals surface area contributed by atoms with Gasteiger partial charge in [0.2, 0.25) is 0 Å². The number of rotatable bonds is 1. The quantitative estimate of drug-likeness (QED) is 0.689. The van der Waals surface area contributed by atoms with Gasteiger partial charge < -0.3 is 9.64 Å². The molecule has 2 aliphatic heterocycles. The molecular formula is C18H13BrN2O4. The van der Waals surface area contributed by atoms with Crippen molar-refractivity contribution in [1.82, 2.24) is 4.90 Å². The highest BCUT2D eigenvalue weighted by Gasteiger charge is 2.45. The molecule has 0 aliphatic carbocycles. The summed E-state index contributed by atoms with van der Waals surface area (Å²) in [6, 6.07) is 10.9. The monoisotopic (exact) mass is 400 g/mol. The summed E-state index contributed by atoms with van der Waals surface area (Å²) in [5.41, 5.74) is 1.21. The molecule has 6 nitrogen and oxygen atoms in total. The molecule has 1 atom stereocenters. The van der Waals surface area contributed by atoms with Crippen molar-refractivity contribution in [2.75, 3.05) is 18.6 Å². The van der Waals surface area contributed by atoms with Gasteiger partial charge in [0.15, 0.2) is 6.04 Å². The number of halogens is 1. The average Bonchev–Trinajstić information content (AvgIpc) is 2.80. The molecule has 126 valence electrons. The van der Waals surface area contributed by atoms with Crippen LogP contribution < -0.4 is 9.64 Å². The molecule has 0 fully saturated rings. The molecule has 2 aliphatic rings. The summed E-state index contributed by atoms with van der Waals surface area (Å²) in [4.78, 5) is 40.7. The lowest BCUT2D eigenvalue weighted by Crippen LogP contribution is -2.52. The Hall–Kier alpha value is -2.67. The number of likely N-dealkylation sites (N-methyl/N-ethyl adjacent to an activating group) is 1. The molecule has 0 spiro atoms. The largest absolute Gasteiger partial charge is 0.489 e. The van der Waals surface area contributed by atoms with E-state index in [1.165, 1.54) is 4.90 Å². The van der Waals surface area contributed by atoms with E-state index in [1.54, 1.807) is 49.5 Å². The van der Waals surface area contributed by atoms with Gasteiger partial charge in [-0.05, 0) is 30.3 Å². The SMILES string of the molecule is CN1C(=O)[C@@H](N2C(=O)c3ccccc3C2=O)COc2ccc(Br)cc21. The van der Waals surface area contributed by atoms with Crippen LogP contribution in [0.4, 0.5) is 5.69 Å². The molecule has 0 saturated heterocycles. The van der Waals surface area contributed by atoms with Gasteiger partial charge in [-0.3, -0.25) is 19.3 Å². The molecular weight excluding hydrogens is 388 g/mol. The number of carbonyl (C=O) groups is 3. The van der Waals surface area contributed by atoms with E-state index >= 15 is 0 Å². The highest BCUT2D eigenvalue weighted by atomic mass is 79.9. The molecule has 2 aromatic rings. The second-order valence-corrected chi connectivity index (χ2v) is 6.78. The van der Waals surface area contributed by atoms with Crippen LogP contribution in [0.5, 0.6) is 5.75 Å². The zero-order valence-corrected chi connectivity index (χ0v) is 14.8. The minimum atomic E-state index is -1.01. The van der Waals surface area contributed by atoms with Gasteiger partial charge in [0, 0.05) is 11.5 Å². The topological polar surface area (TPSA) is 66.9 Å². The minimum Gasteiger partial charge on any atom is -0.489 e. The summed E-state index contributed by atoms with van der Waals surface area (Å²) in [6.07, 6.45) is 0. The normalized spacial score (nSPS) is 19.4. The van der Waals surface area contributed by atoms with Crippen molar-refractivity contribution in [3.8, 4) is 5.75 Å². The van der Waals surface area contributed by atoms with Crippen molar-refractivity contribution in [3.05, 3.63) is 58.1 Å². The molecule has 25 heavy (non-hydrogen) atoms. The third-order valence-corrected chi connectivity index (χ3v) is 4.93. The van der Waals surface area contributed by atoms with Gasteiger partial charge in [-0.15, -0.1) is 0 Å². The molecule has 0 radical (unpaired) electrons. The number of imide groups is 1. The second-order valence-electron chi connectivity index (χ2n) is 5.86. The van der Waals surface area contributed by atoms with E-state index in [0.29, 0.717) is 22.6 Å². The summed E-state index contributed by atoms with van der Waals surface area (Å²) in [5, 5.41) is 0. The maximum absolute atomic E-state index is 12.9. The van der Waals surface area contributed by atoms with E-state index in [4.69, 9.17) is 4.74 Å². The number of nitrogens with zero attached hydrogens (tertiary/aromatic N) is 2. The van der Waals surface area contributed by atoms with Gasteiger partial charge in [0.05, 0.1) is 16.8 Å². The first-order chi connectivity index (χ1) is 12.0. The van der Waals surface area contributed by atoms with E-state index in [0.717, 1.165) is 9.37 Å². The smallest absolute Gasteiger partial charge is 0.262 e. The van der Waals surface area contributed by atoms with Crippen LogP contribution >= 0.6 is 15.9 Å². The van der Waals surface area contributed by atoms with Gasteiger partial charge >= 0.3 is 0 Å². The van der Waals surface area contributed by atoms with E-state index < -0.39 is 17.9 Å². The van der Waals surface area contributed by atoms with E-state index in [-0.39, 0.29) is 12.5 Å². The van der Waals surface area contributed by atoms with Gasteiger partial charge in [-0.2, -0.15) is 0 Å². The highest BCUT2D eigenvalue weighted by Crippen LogP contribution is 2.35. The van der Waals surface area contributed by atoms with Gasteiger partial charge in [-0.1, -0.05) is 28.1 Å². The van der Waals surface area contributed by atoms with Crippen LogP contribution in [0.25, 0.3) is 0 Å². The summed E-state index contributed by atoms with van der Waals surface area (Å²) in [5.74, 6) is -0.782. The molecule has 0 saturated carbocycles. The second kappa shape index (κ2) is 5.70. The van der Waals surface area contributed by atoms with Crippen molar-refractivity contribution >= 4 is 39.3 Å². The van der Waals surface area contributed by atoms with Gasteiger partial charge in [0.25, 0.3) is 17.7 Å². The molecule has 0 bridgehead atoms. The summed E-state index contributed by atoms with van der Waals surface area (Å²) in [6.45, 7) is -0.0801. The fourth-order valence-electron chi connectivity index (χ4n) is 3.13. The lowest BCUT2D eigenvalue weighted by atomic mass is 10.1. The molecule has 2 aromatic carbocycles. The van der Waals surface area contributed by atoms with Crippen molar-refractivity contribution in [2.45, 2.75) is 6.04 Å². The number of ether oxygens (including phenoxy) is 1. The summed E-state index contributed by atoms with van der Waals surface area (Å²) < 4.78 is 6.54. The van der Waals surface area contributed by atoms with Crippen LogP contribution in [-0.2, 0) is 4.79 Å². The first-order valence-corrected chi connectivity index (χ1v) is 8.45. The molecule has 4 rings (SSSR count). The fraction of sp³-hybridized carbons (Fsp3) is 0.167. The van der Waals surface area contributed by atoms with Crippen LogP contribution in [0.1, 0.15) is 20.7 Å². The Morgan fingerprint density at radius 3 is 2.32 bits per heavy atom. The minimum absolute atomic E-state index is 0.0801. The lowest BCUT2D eigenvalue weighted by molar-refractivity contribution is -0.122. The first kappa shape index (κ1) is 15.8. The summed E-state index contributed by atoms with van der Waals surface area (Å²) in [7, 11) is 1.60. The standard InChI is InChI=1S/C18H13BrN2O4/c1-20-13-8-10(19)6-7-15(13)25-9-14(18(20)24)21-16(22)11-4-2-3-5-12(11)17(21)23/h2-8,14H,9H2,1H3/t14-/m0/s1. The Kier molecular flexibility index (Phi) is 3.61. The van der Waals surface area contributed by atoms with Crippen molar-refractivity contribution in [1.29, 1.82) is 0 Å². The number of hydrogen-bond acceptors (Lipinski definition) is 4. The third kappa shape index (κ3) is 2.34. The molecule has 0 unspecified atom stereocenters. The Balaban J connectivity index is 1.73. The summed E-state index contributed by atoms with van der Waals surface area (Å²) >= 11 is 3.37.